The van der Waals surface area contributed by atoms with E-state index in [1.807, 2.05) is 23.7 Å². The van der Waals surface area contributed by atoms with Gasteiger partial charge in [0.2, 0.25) is 0 Å². The molecule has 0 fully saturated rings. The second kappa shape index (κ2) is 7.25. The van der Waals surface area contributed by atoms with E-state index in [1.54, 1.807) is 24.2 Å². The third-order valence-electron chi connectivity index (χ3n) is 2.81. The third-order valence-corrected chi connectivity index (χ3v) is 3.91. The Morgan fingerprint density at radius 1 is 1.16 bits per heavy atom. The average molecular weight is 278 g/mol. The number of rotatable bonds is 7. The molecule has 19 heavy (non-hydrogen) atoms. The Kier molecular flexibility index (Phi) is 5.35. The number of unbranched alkanes of at least 4 members (excludes halogenated alkanes) is 2. The SMILES string of the molecule is Cn1c(SCCCCCO)nnc1-c1ccncc1. The van der Waals surface area contributed by atoms with Gasteiger partial charge in [0.25, 0.3) is 0 Å². The summed E-state index contributed by atoms with van der Waals surface area (Å²) in [6.07, 6.45) is 6.53. The summed E-state index contributed by atoms with van der Waals surface area (Å²) in [5.74, 6) is 1.86. The standard InChI is InChI=1S/C13H18N4OS/c1-17-12(11-5-7-14-8-6-11)15-16-13(17)19-10-4-2-3-9-18/h5-8,18H,2-4,9-10H2,1H3. The van der Waals surface area contributed by atoms with Gasteiger partial charge in [-0.2, -0.15) is 0 Å². The van der Waals surface area contributed by atoms with Gasteiger partial charge in [-0.25, -0.2) is 0 Å². The van der Waals surface area contributed by atoms with Crippen LogP contribution in [0.1, 0.15) is 19.3 Å². The van der Waals surface area contributed by atoms with Gasteiger partial charge in [-0.05, 0) is 25.0 Å². The molecule has 0 aliphatic rings. The van der Waals surface area contributed by atoms with Gasteiger partial charge in [-0.15, -0.1) is 10.2 Å². The van der Waals surface area contributed by atoms with Crippen molar-refractivity contribution in [1.82, 2.24) is 19.7 Å². The monoisotopic (exact) mass is 278 g/mol. The fourth-order valence-corrected chi connectivity index (χ4v) is 2.66. The van der Waals surface area contributed by atoms with Crippen LogP contribution < -0.4 is 0 Å². The van der Waals surface area contributed by atoms with E-state index in [9.17, 15) is 0 Å². The van der Waals surface area contributed by atoms with E-state index < -0.39 is 0 Å². The summed E-state index contributed by atoms with van der Waals surface area (Å²) in [6.45, 7) is 0.279. The van der Waals surface area contributed by atoms with Crippen molar-refractivity contribution in [2.75, 3.05) is 12.4 Å². The van der Waals surface area contributed by atoms with Crippen molar-refractivity contribution in [3.8, 4) is 11.4 Å². The van der Waals surface area contributed by atoms with E-state index in [0.717, 1.165) is 41.6 Å². The number of nitrogens with zero attached hydrogens (tertiary/aromatic N) is 4. The molecule has 0 atom stereocenters. The maximum Gasteiger partial charge on any atom is 0.191 e. The zero-order valence-electron chi connectivity index (χ0n) is 11.0. The Bertz CT molecular complexity index is 501. The summed E-state index contributed by atoms with van der Waals surface area (Å²) < 4.78 is 2.01. The van der Waals surface area contributed by atoms with Crippen molar-refractivity contribution >= 4 is 11.8 Å². The Balaban J connectivity index is 1.95. The molecular formula is C13H18N4OS. The van der Waals surface area contributed by atoms with E-state index in [4.69, 9.17) is 5.11 Å². The van der Waals surface area contributed by atoms with E-state index in [1.165, 1.54) is 0 Å². The fourth-order valence-electron chi connectivity index (χ4n) is 1.75. The molecule has 2 aromatic heterocycles. The molecule has 0 saturated heterocycles. The van der Waals surface area contributed by atoms with Gasteiger partial charge >= 0.3 is 0 Å². The van der Waals surface area contributed by atoms with Crippen LogP contribution in [0.2, 0.25) is 0 Å². The van der Waals surface area contributed by atoms with Gasteiger partial charge in [-0.1, -0.05) is 18.2 Å². The zero-order chi connectivity index (χ0) is 13.5. The van der Waals surface area contributed by atoms with Crippen LogP contribution in [0.25, 0.3) is 11.4 Å². The highest BCUT2D eigenvalue weighted by molar-refractivity contribution is 7.99. The highest BCUT2D eigenvalue weighted by Gasteiger charge is 2.10. The maximum atomic E-state index is 8.72. The van der Waals surface area contributed by atoms with Crippen LogP contribution in [0.5, 0.6) is 0 Å². The second-order valence-corrected chi connectivity index (χ2v) is 5.30. The molecule has 6 heteroatoms. The molecular weight excluding hydrogens is 260 g/mol. The molecule has 0 aromatic carbocycles. The third kappa shape index (κ3) is 3.78. The molecule has 2 aromatic rings. The average Bonchev–Trinajstić information content (AvgIpc) is 2.81. The summed E-state index contributed by atoms with van der Waals surface area (Å²) in [7, 11) is 1.98. The minimum Gasteiger partial charge on any atom is -0.396 e. The maximum absolute atomic E-state index is 8.72. The first kappa shape index (κ1) is 14.0. The smallest absolute Gasteiger partial charge is 0.191 e. The summed E-state index contributed by atoms with van der Waals surface area (Å²) in [6, 6.07) is 3.86. The predicted octanol–water partition coefficient (Wildman–Crippen LogP) is 2.13. The van der Waals surface area contributed by atoms with Crippen LogP contribution in [-0.2, 0) is 7.05 Å². The van der Waals surface area contributed by atoms with Crippen molar-refractivity contribution in [3.63, 3.8) is 0 Å². The number of pyridine rings is 1. The number of hydrogen-bond acceptors (Lipinski definition) is 5. The second-order valence-electron chi connectivity index (χ2n) is 4.23. The molecule has 0 aliphatic heterocycles. The summed E-state index contributed by atoms with van der Waals surface area (Å²) in [4.78, 5) is 4.00. The number of aromatic nitrogens is 4. The Hall–Kier alpha value is -1.40. The number of aliphatic hydroxyl groups excluding tert-OH is 1. The molecule has 2 rings (SSSR count). The summed E-state index contributed by atoms with van der Waals surface area (Å²) in [5, 5.41) is 18.1. The zero-order valence-corrected chi connectivity index (χ0v) is 11.8. The van der Waals surface area contributed by atoms with Crippen LogP contribution in [0.3, 0.4) is 0 Å². The molecule has 102 valence electrons. The summed E-state index contributed by atoms with van der Waals surface area (Å²) in [5.41, 5.74) is 1.03. The topological polar surface area (TPSA) is 63.8 Å². The minimum absolute atomic E-state index is 0.279. The van der Waals surface area contributed by atoms with Crippen LogP contribution in [0.4, 0.5) is 0 Å². The number of hydrogen-bond donors (Lipinski definition) is 1. The predicted molar refractivity (Wildman–Crippen MR) is 75.9 cm³/mol. The lowest BCUT2D eigenvalue weighted by Gasteiger charge is -2.03. The lowest BCUT2D eigenvalue weighted by Crippen LogP contribution is -1.95. The molecule has 0 saturated carbocycles. The molecule has 0 unspecified atom stereocenters. The van der Waals surface area contributed by atoms with Gasteiger partial charge in [-0.3, -0.25) is 4.98 Å². The van der Waals surface area contributed by atoms with Gasteiger partial charge < -0.3 is 9.67 Å². The molecule has 0 bridgehead atoms. The normalized spacial score (nSPS) is 10.8. The Labute approximate surface area is 117 Å². The highest BCUT2D eigenvalue weighted by atomic mass is 32.2. The van der Waals surface area contributed by atoms with Gasteiger partial charge in [0.05, 0.1) is 0 Å². The molecule has 1 N–H and O–H groups in total. The van der Waals surface area contributed by atoms with Crippen molar-refractivity contribution in [3.05, 3.63) is 24.5 Å². The van der Waals surface area contributed by atoms with Crippen LogP contribution in [0.15, 0.2) is 29.7 Å². The molecule has 0 spiro atoms. The lowest BCUT2D eigenvalue weighted by molar-refractivity contribution is 0.284. The molecule has 2 heterocycles. The minimum atomic E-state index is 0.279. The molecule has 0 amide bonds. The van der Waals surface area contributed by atoms with Gasteiger partial charge in [0, 0.05) is 37.4 Å². The molecule has 0 radical (unpaired) electrons. The first-order valence-corrected chi connectivity index (χ1v) is 7.35. The lowest BCUT2D eigenvalue weighted by atomic mass is 10.2. The van der Waals surface area contributed by atoms with Crippen LogP contribution in [-0.4, -0.2) is 37.2 Å². The van der Waals surface area contributed by atoms with E-state index in [0.29, 0.717) is 0 Å². The highest BCUT2D eigenvalue weighted by Crippen LogP contribution is 2.22. The van der Waals surface area contributed by atoms with Crippen LogP contribution >= 0.6 is 11.8 Å². The van der Waals surface area contributed by atoms with E-state index in [2.05, 4.69) is 15.2 Å². The largest absolute Gasteiger partial charge is 0.396 e. The first-order valence-electron chi connectivity index (χ1n) is 6.36. The van der Waals surface area contributed by atoms with Crippen LogP contribution in [0, 0.1) is 0 Å². The molecule has 0 aliphatic carbocycles. The summed E-state index contributed by atoms with van der Waals surface area (Å²) >= 11 is 1.71. The van der Waals surface area contributed by atoms with Crippen molar-refractivity contribution in [2.24, 2.45) is 7.05 Å². The van der Waals surface area contributed by atoms with Gasteiger partial charge in [0.15, 0.2) is 11.0 Å². The van der Waals surface area contributed by atoms with Crippen molar-refractivity contribution in [2.45, 2.75) is 24.4 Å². The fraction of sp³-hybridized carbons (Fsp3) is 0.462. The van der Waals surface area contributed by atoms with Crippen molar-refractivity contribution < 1.29 is 5.11 Å². The van der Waals surface area contributed by atoms with E-state index in [-0.39, 0.29) is 6.61 Å². The number of thioether (sulfide) groups is 1. The Morgan fingerprint density at radius 3 is 2.68 bits per heavy atom. The number of aliphatic hydroxyl groups is 1. The van der Waals surface area contributed by atoms with Crippen molar-refractivity contribution in [1.29, 1.82) is 0 Å². The quantitative estimate of drug-likeness (QED) is 0.621. The first-order chi connectivity index (χ1) is 9.33. The van der Waals surface area contributed by atoms with E-state index >= 15 is 0 Å². The Morgan fingerprint density at radius 2 is 1.95 bits per heavy atom. The molecule has 5 nitrogen and oxygen atoms in total. The van der Waals surface area contributed by atoms with Gasteiger partial charge in [0.1, 0.15) is 0 Å².